The van der Waals surface area contributed by atoms with Crippen LogP contribution < -0.4 is 0 Å². The summed E-state index contributed by atoms with van der Waals surface area (Å²) >= 11 is 12.2. The fraction of sp³-hybridized carbons (Fsp3) is 0.556. The van der Waals surface area contributed by atoms with Crippen molar-refractivity contribution in [3.05, 3.63) is 23.3 Å². The van der Waals surface area contributed by atoms with Crippen molar-refractivity contribution in [2.75, 3.05) is 0 Å². The molecule has 0 aromatic rings. The van der Waals surface area contributed by atoms with Gasteiger partial charge in [-0.2, -0.15) is 0 Å². The molecule has 0 aliphatic heterocycles. The maximum Gasteiger partial charge on any atom is 0.0705 e. The Morgan fingerprint density at radius 2 is 2.18 bits per heavy atom. The van der Waals surface area contributed by atoms with Crippen molar-refractivity contribution in [2.45, 2.75) is 24.1 Å². The minimum atomic E-state index is -0.147. The molecule has 0 aromatic carbocycles. The molecule has 1 atom stereocenters. The van der Waals surface area contributed by atoms with Crippen LogP contribution >= 0.6 is 23.2 Å². The highest BCUT2D eigenvalue weighted by Gasteiger charge is 2.42. The van der Waals surface area contributed by atoms with Crippen LogP contribution in [0, 0.1) is 5.92 Å². The van der Waals surface area contributed by atoms with Crippen LogP contribution in [-0.4, -0.2) is 4.87 Å². The third-order valence-electron chi connectivity index (χ3n) is 2.34. The molecule has 2 rings (SSSR count). The summed E-state index contributed by atoms with van der Waals surface area (Å²) in [6.07, 6.45) is 9.44. The van der Waals surface area contributed by atoms with E-state index < -0.39 is 0 Å². The van der Waals surface area contributed by atoms with E-state index in [1.165, 1.54) is 12.8 Å². The lowest BCUT2D eigenvalue weighted by Crippen LogP contribution is -2.22. The first kappa shape index (κ1) is 7.70. The summed E-state index contributed by atoms with van der Waals surface area (Å²) in [7, 11) is 0. The standard InChI is InChI=1S/C9H10Cl2/c10-8-2-1-5-9(11,6-8)7-3-4-7/h1-2,6-7H,3-5H2. The minimum Gasteiger partial charge on any atom is -0.114 e. The van der Waals surface area contributed by atoms with Gasteiger partial charge in [-0.1, -0.05) is 17.7 Å². The first-order valence-electron chi connectivity index (χ1n) is 3.94. The Balaban J connectivity index is 2.20. The fourth-order valence-electron chi connectivity index (χ4n) is 1.54. The van der Waals surface area contributed by atoms with E-state index in [-0.39, 0.29) is 4.87 Å². The zero-order chi connectivity index (χ0) is 7.90. The van der Waals surface area contributed by atoms with E-state index in [2.05, 4.69) is 6.08 Å². The van der Waals surface area contributed by atoms with E-state index in [0.717, 1.165) is 11.5 Å². The van der Waals surface area contributed by atoms with Crippen LogP contribution in [0.3, 0.4) is 0 Å². The normalized spacial score (nSPS) is 37.1. The third-order valence-corrected chi connectivity index (χ3v) is 3.15. The predicted octanol–water partition coefficient (Wildman–Crippen LogP) is 3.46. The van der Waals surface area contributed by atoms with E-state index >= 15 is 0 Å². The van der Waals surface area contributed by atoms with Gasteiger partial charge in [0.25, 0.3) is 0 Å². The molecule has 0 heterocycles. The second kappa shape index (κ2) is 2.53. The molecule has 11 heavy (non-hydrogen) atoms. The van der Waals surface area contributed by atoms with Gasteiger partial charge in [0.1, 0.15) is 0 Å². The van der Waals surface area contributed by atoms with Crippen LogP contribution in [0.2, 0.25) is 0 Å². The first-order valence-corrected chi connectivity index (χ1v) is 4.70. The summed E-state index contributed by atoms with van der Waals surface area (Å²) in [5.41, 5.74) is 0. The number of hydrogen-bond acceptors (Lipinski definition) is 0. The molecule has 0 radical (unpaired) electrons. The third kappa shape index (κ3) is 1.47. The molecule has 1 saturated carbocycles. The number of alkyl halides is 1. The maximum absolute atomic E-state index is 6.36. The van der Waals surface area contributed by atoms with Gasteiger partial charge in [-0.3, -0.25) is 0 Å². The summed E-state index contributed by atoms with van der Waals surface area (Å²) < 4.78 is 0. The van der Waals surface area contributed by atoms with Gasteiger partial charge in [0, 0.05) is 5.03 Å². The number of hydrogen-bond donors (Lipinski definition) is 0. The summed E-state index contributed by atoms with van der Waals surface area (Å²) in [6, 6.07) is 0. The van der Waals surface area contributed by atoms with E-state index in [4.69, 9.17) is 23.2 Å². The Kier molecular flexibility index (Phi) is 1.77. The van der Waals surface area contributed by atoms with E-state index in [9.17, 15) is 0 Å². The van der Waals surface area contributed by atoms with Crippen molar-refractivity contribution in [1.29, 1.82) is 0 Å². The molecule has 1 fully saturated rings. The molecule has 2 aliphatic carbocycles. The molecule has 0 bridgehead atoms. The Bertz CT molecular complexity index is 226. The number of allylic oxidation sites excluding steroid dienone is 4. The lowest BCUT2D eigenvalue weighted by Gasteiger charge is -2.24. The van der Waals surface area contributed by atoms with Gasteiger partial charge >= 0.3 is 0 Å². The van der Waals surface area contributed by atoms with Crippen molar-refractivity contribution < 1.29 is 0 Å². The van der Waals surface area contributed by atoms with Crippen LogP contribution in [0.4, 0.5) is 0 Å². The molecule has 0 nitrogen and oxygen atoms in total. The molecule has 0 aromatic heterocycles. The molecular weight excluding hydrogens is 179 g/mol. The zero-order valence-corrected chi connectivity index (χ0v) is 7.70. The maximum atomic E-state index is 6.36. The Morgan fingerprint density at radius 3 is 2.73 bits per heavy atom. The zero-order valence-electron chi connectivity index (χ0n) is 6.19. The van der Waals surface area contributed by atoms with Gasteiger partial charge in [0.05, 0.1) is 4.87 Å². The lowest BCUT2D eigenvalue weighted by molar-refractivity contribution is 0.613. The highest BCUT2D eigenvalue weighted by atomic mass is 35.5. The van der Waals surface area contributed by atoms with Crippen LogP contribution in [-0.2, 0) is 0 Å². The number of rotatable bonds is 1. The summed E-state index contributed by atoms with van der Waals surface area (Å²) in [6.45, 7) is 0. The van der Waals surface area contributed by atoms with E-state index in [1.54, 1.807) is 0 Å². The average Bonchev–Trinajstić information content (AvgIpc) is 2.66. The van der Waals surface area contributed by atoms with Gasteiger partial charge in [0.15, 0.2) is 0 Å². The highest BCUT2D eigenvalue weighted by molar-refractivity contribution is 6.33. The number of halogens is 2. The van der Waals surface area contributed by atoms with Crippen molar-refractivity contribution in [2.24, 2.45) is 5.92 Å². The van der Waals surface area contributed by atoms with Crippen molar-refractivity contribution in [3.8, 4) is 0 Å². The SMILES string of the molecule is ClC1=CC(Cl)(C2CC2)CC=C1. The second-order valence-electron chi connectivity index (χ2n) is 3.34. The van der Waals surface area contributed by atoms with Crippen LogP contribution in [0.5, 0.6) is 0 Å². The predicted molar refractivity (Wildman–Crippen MR) is 49.0 cm³/mol. The summed E-state index contributed by atoms with van der Waals surface area (Å²) in [5.74, 6) is 0.669. The molecule has 2 heteroatoms. The van der Waals surface area contributed by atoms with Gasteiger partial charge in [0.2, 0.25) is 0 Å². The molecule has 0 spiro atoms. The quantitative estimate of drug-likeness (QED) is 0.554. The Morgan fingerprint density at radius 1 is 1.45 bits per heavy atom. The monoisotopic (exact) mass is 188 g/mol. The van der Waals surface area contributed by atoms with Crippen molar-refractivity contribution in [1.82, 2.24) is 0 Å². The lowest BCUT2D eigenvalue weighted by atomic mass is 9.95. The van der Waals surface area contributed by atoms with E-state index in [0.29, 0.717) is 5.92 Å². The molecule has 0 saturated heterocycles. The van der Waals surface area contributed by atoms with E-state index in [1.807, 2.05) is 12.2 Å². The highest BCUT2D eigenvalue weighted by Crippen LogP contribution is 2.48. The second-order valence-corrected chi connectivity index (χ2v) is 4.48. The Hall–Kier alpha value is 0.0600. The summed E-state index contributed by atoms with van der Waals surface area (Å²) in [5, 5.41) is 0.790. The van der Waals surface area contributed by atoms with Crippen LogP contribution in [0.25, 0.3) is 0 Å². The molecule has 2 aliphatic rings. The van der Waals surface area contributed by atoms with Gasteiger partial charge < -0.3 is 0 Å². The van der Waals surface area contributed by atoms with Gasteiger partial charge in [-0.25, -0.2) is 0 Å². The minimum absolute atomic E-state index is 0.147. The van der Waals surface area contributed by atoms with Gasteiger partial charge in [-0.15, -0.1) is 11.6 Å². The molecule has 60 valence electrons. The largest absolute Gasteiger partial charge is 0.114 e. The molecular formula is C9H10Cl2. The fourth-order valence-corrected chi connectivity index (χ4v) is 2.30. The molecule has 0 amide bonds. The molecule has 0 N–H and O–H groups in total. The topological polar surface area (TPSA) is 0 Å². The van der Waals surface area contributed by atoms with Crippen molar-refractivity contribution >= 4 is 23.2 Å². The molecule has 1 unspecified atom stereocenters. The summed E-state index contributed by atoms with van der Waals surface area (Å²) in [4.78, 5) is -0.147. The Labute approximate surface area is 76.9 Å². The first-order chi connectivity index (χ1) is 5.21. The smallest absolute Gasteiger partial charge is 0.0705 e. The van der Waals surface area contributed by atoms with Crippen LogP contribution in [0.1, 0.15) is 19.3 Å². The van der Waals surface area contributed by atoms with Crippen molar-refractivity contribution in [3.63, 3.8) is 0 Å². The van der Waals surface area contributed by atoms with Crippen LogP contribution in [0.15, 0.2) is 23.3 Å². The van der Waals surface area contributed by atoms with Gasteiger partial charge in [-0.05, 0) is 37.3 Å². The average molecular weight is 189 g/mol.